The molecule has 1 amide bonds. The number of hydrogen-bond donors (Lipinski definition) is 2. The van der Waals surface area contributed by atoms with Gasteiger partial charge < -0.3 is 16.0 Å². The van der Waals surface area contributed by atoms with E-state index in [1.54, 1.807) is 0 Å². The molecule has 1 fully saturated rings. The van der Waals surface area contributed by atoms with Crippen molar-refractivity contribution in [1.29, 1.82) is 0 Å². The quantitative estimate of drug-likeness (QED) is 0.840. The lowest BCUT2D eigenvalue weighted by atomic mass is 10.1. The van der Waals surface area contributed by atoms with E-state index in [1.165, 1.54) is 6.42 Å². The van der Waals surface area contributed by atoms with Crippen LogP contribution in [0.4, 0.5) is 11.4 Å². The predicted octanol–water partition coefficient (Wildman–Crippen LogP) is 2.84. The van der Waals surface area contributed by atoms with Gasteiger partial charge in [-0.3, -0.25) is 4.79 Å². The maximum Gasteiger partial charge on any atom is 0.244 e. The molecule has 19 heavy (non-hydrogen) atoms. The van der Waals surface area contributed by atoms with E-state index in [0.29, 0.717) is 5.69 Å². The van der Waals surface area contributed by atoms with Crippen LogP contribution in [0.25, 0.3) is 0 Å². The molecule has 0 aromatic heterocycles. The Kier molecular flexibility index (Phi) is 4.69. The molecule has 1 aliphatic heterocycles. The summed E-state index contributed by atoms with van der Waals surface area (Å²) in [7, 11) is 0. The first-order valence-electron chi connectivity index (χ1n) is 6.68. The standard InChI is InChI=1S/C14H20BrN3O/c1-10(14(19)18-7-3-2-4-8-18)17-13-6-5-11(16)9-12(13)15/h5-6,9-10,17H,2-4,7-8,16H2,1H3. The second-order valence-electron chi connectivity index (χ2n) is 4.99. The molecule has 1 heterocycles. The van der Waals surface area contributed by atoms with E-state index < -0.39 is 0 Å². The highest BCUT2D eigenvalue weighted by Gasteiger charge is 2.22. The molecule has 0 aliphatic carbocycles. The first kappa shape index (κ1) is 14.2. The summed E-state index contributed by atoms with van der Waals surface area (Å²) in [5, 5.41) is 3.24. The Morgan fingerprint density at radius 1 is 1.37 bits per heavy atom. The lowest BCUT2D eigenvalue weighted by Crippen LogP contribution is -2.43. The van der Waals surface area contributed by atoms with E-state index in [2.05, 4.69) is 21.2 Å². The van der Waals surface area contributed by atoms with E-state index >= 15 is 0 Å². The highest BCUT2D eigenvalue weighted by Crippen LogP contribution is 2.25. The van der Waals surface area contributed by atoms with Gasteiger partial charge >= 0.3 is 0 Å². The number of carbonyl (C=O) groups is 1. The van der Waals surface area contributed by atoms with Gasteiger partial charge in [-0.1, -0.05) is 0 Å². The fraction of sp³-hybridized carbons (Fsp3) is 0.500. The van der Waals surface area contributed by atoms with Crippen molar-refractivity contribution in [3.8, 4) is 0 Å². The molecule has 2 rings (SSSR count). The second-order valence-corrected chi connectivity index (χ2v) is 5.85. The first-order valence-corrected chi connectivity index (χ1v) is 7.47. The van der Waals surface area contributed by atoms with Crippen molar-refractivity contribution in [1.82, 2.24) is 4.90 Å². The minimum Gasteiger partial charge on any atom is -0.399 e. The van der Waals surface area contributed by atoms with Crippen molar-refractivity contribution in [3.63, 3.8) is 0 Å². The summed E-state index contributed by atoms with van der Waals surface area (Å²) in [4.78, 5) is 14.3. The lowest BCUT2D eigenvalue weighted by Gasteiger charge is -2.30. The molecule has 4 nitrogen and oxygen atoms in total. The summed E-state index contributed by atoms with van der Waals surface area (Å²) in [6.07, 6.45) is 3.46. The molecule has 1 unspecified atom stereocenters. The van der Waals surface area contributed by atoms with Crippen LogP contribution in [-0.4, -0.2) is 29.9 Å². The van der Waals surface area contributed by atoms with Crippen LogP contribution >= 0.6 is 15.9 Å². The number of rotatable bonds is 3. The topological polar surface area (TPSA) is 58.4 Å². The third kappa shape index (κ3) is 3.62. The van der Waals surface area contributed by atoms with E-state index in [0.717, 1.165) is 36.1 Å². The zero-order valence-electron chi connectivity index (χ0n) is 11.2. The molecule has 0 saturated carbocycles. The molecule has 0 radical (unpaired) electrons. The number of nitrogens with zero attached hydrogens (tertiary/aromatic N) is 1. The van der Waals surface area contributed by atoms with Crippen molar-refractivity contribution in [2.45, 2.75) is 32.2 Å². The maximum atomic E-state index is 12.3. The lowest BCUT2D eigenvalue weighted by molar-refractivity contribution is -0.132. The summed E-state index contributed by atoms with van der Waals surface area (Å²) < 4.78 is 0.880. The molecular formula is C14H20BrN3O. The highest BCUT2D eigenvalue weighted by molar-refractivity contribution is 9.10. The normalized spacial score (nSPS) is 17.1. The summed E-state index contributed by atoms with van der Waals surface area (Å²) >= 11 is 3.45. The summed E-state index contributed by atoms with van der Waals surface area (Å²) in [5.74, 6) is 0.170. The number of anilines is 2. The monoisotopic (exact) mass is 325 g/mol. The number of halogens is 1. The van der Waals surface area contributed by atoms with Gasteiger partial charge in [0, 0.05) is 28.9 Å². The van der Waals surface area contributed by atoms with Crippen molar-refractivity contribution in [2.24, 2.45) is 0 Å². The fourth-order valence-corrected chi connectivity index (χ4v) is 2.84. The van der Waals surface area contributed by atoms with Crippen molar-refractivity contribution in [2.75, 3.05) is 24.1 Å². The minimum absolute atomic E-state index is 0.170. The number of nitrogen functional groups attached to an aromatic ring is 1. The SMILES string of the molecule is CC(Nc1ccc(N)cc1Br)C(=O)N1CCCCC1. The summed E-state index contributed by atoms with van der Waals surface area (Å²) in [6.45, 7) is 3.67. The van der Waals surface area contributed by atoms with Crippen LogP contribution in [0, 0.1) is 0 Å². The van der Waals surface area contributed by atoms with Gasteiger partial charge in [0.1, 0.15) is 6.04 Å². The Balaban J connectivity index is 1.99. The molecule has 0 bridgehead atoms. The highest BCUT2D eigenvalue weighted by atomic mass is 79.9. The molecule has 104 valence electrons. The molecule has 0 spiro atoms. The van der Waals surface area contributed by atoms with Gasteiger partial charge in [-0.2, -0.15) is 0 Å². The third-order valence-electron chi connectivity index (χ3n) is 3.40. The van der Waals surface area contributed by atoms with Gasteiger partial charge in [-0.25, -0.2) is 0 Å². The third-order valence-corrected chi connectivity index (χ3v) is 4.06. The average Bonchev–Trinajstić information content (AvgIpc) is 2.42. The number of benzene rings is 1. The fourth-order valence-electron chi connectivity index (χ4n) is 2.33. The largest absolute Gasteiger partial charge is 0.399 e. The molecule has 1 aromatic carbocycles. The van der Waals surface area contributed by atoms with E-state index in [9.17, 15) is 4.79 Å². The van der Waals surface area contributed by atoms with Gasteiger partial charge in [-0.05, 0) is 60.3 Å². The number of amides is 1. The minimum atomic E-state index is -0.224. The maximum absolute atomic E-state index is 12.3. The molecule has 5 heteroatoms. The zero-order chi connectivity index (χ0) is 13.8. The van der Waals surface area contributed by atoms with Crippen LogP contribution in [0.15, 0.2) is 22.7 Å². The van der Waals surface area contributed by atoms with Gasteiger partial charge in [0.25, 0.3) is 0 Å². The van der Waals surface area contributed by atoms with Gasteiger partial charge in [-0.15, -0.1) is 0 Å². The van der Waals surface area contributed by atoms with E-state index in [4.69, 9.17) is 5.73 Å². The first-order chi connectivity index (χ1) is 9.08. The Morgan fingerprint density at radius 3 is 2.68 bits per heavy atom. The Hall–Kier alpha value is -1.23. The molecule has 3 N–H and O–H groups in total. The Bertz CT molecular complexity index is 458. The summed E-state index contributed by atoms with van der Waals surface area (Å²) in [5.41, 5.74) is 7.30. The summed E-state index contributed by atoms with van der Waals surface area (Å²) in [6, 6.07) is 5.32. The molecule has 1 atom stereocenters. The molecular weight excluding hydrogens is 306 g/mol. The number of nitrogens with two attached hydrogens (primary N) is 1. The van der Waals surface area contributed by atoms with Crippen LogP contribution in [0.2, 0.25) is 0 Å². The number of carbonyl (C=O) groups excluding carboxylic acids is 1. The van der Waals surface area contributed by atoms with Crippen LogP contribution in [0.5, 0.6) is 0 Å². The van der Waals surface area contributed by atoms with Crippen molar-refractivity contribution < 1.29 is 4.79 Å². The van der Waals surface area contributed by atoms with Gasteiger partial charge in [0.05, 0.1) is 0 Å². The van der Waals surface area contributed by atoms with Gasteiger partial charge in [0.2, 0.25) is 5.91 Å². The molecule has 1 saturated heterocycles. The number of piperidine rings is 1. The predicted molar refractivity (Wildman–Crippen MR) is 82.1 cm³/mol. The van der Waals surface area contributed by atoms with Crippen LogP contribution < -0.4 is 11.1 Å². The smallest absolute Gasteiger partial charge is 0.244 e. The number of nitrogens with one attached hydrogen (secondary N) is 1. The van der Waals surface area contributed by atoms with Crippen LogP contribution in [-0.2, 0) is 4.79 Å². The molecule has 1 aromatic rings. The van der Waals surface area contributed by atoms with E-state index in [-0.39, 0.29) is 11.9 Å². The average molecular weight is 326 g/mol. The Morgan fingerprint density at radius 2 is 2.05 bits per heavy atom. The molecule has 1 aliphatic rings. The Labute approximate surface area is 122 Å². The van der Waals surface area contributed by atoms with Crippen LogP contribution in [0.3, 0.4) is 0 Å². The number of likely N-dealkylation sites (tertiary alicyclic amines) is 1. The zero-order valence-corrected chi connectivity index (χ0v) is 12.7. The van der Waals surface area contributed by atoms with Gasteiger partial charge in [0.15, 0.2) is 0 Å². The van der Waals surface area contributed by atoms with Crippen molar-refractivity contribution in [3.05, 3.63) is 22.7 Å². The second kappa shape index (κ2) is 6.28. The van der Waals surface area contributed by atoms with E-state index in [1.807, 2.05) is 30.0 Å². The van der Waals surface area contributed by atoms with Crippen LogP contribution in [0.1, 0.15) is 26.2 Å². The van der Waals surface area contributed by atoms with Crippen molar-refractivity contribution >= 4 is 33.2 Å². The number of hydrogen-bond acceptors (Lipinski definition) is 3.